The van der Waals surface area contributed by atoms with Crippen LogP contribution in [0.5, 0.6) is 5.75 Å². The number of carbonyl (C=O) groups is 1. The number of amides is 1. The van der Waals surface area contributed by atoms with Crippen LogP contribution in [-0.4, -0.2) is 31.0 Å². The Labute approximate surface area is 142 Å². The molecule has 24 heavy (non-hydrogen) atoms. The van der Waals surface area contributed by atoms with Crippen LogP contribution >= 0.6 is 0 Å². The van der Waals surface area contributed by atoms with Crippen LogP contribution in [0, 0.1) is 6.92 Å². The van der Waals surface area contributed by atoms with Gasteiger partial charge in [0.05, 0.1) is 6.54 Å². The standard InChI is InChI=1S/C21H21NO2/c1-16-7-5-10-18(15-16)24-14-13-22(2)21(23)20-12-6-9-17-8-3-4-11-19(17)20/h3-12,15H,13-14H2,1-2H3. The van der Waals surface area contributed by atoms with Crippen molar-refractivity contribution in [2.24, 2.45) is 0 Å². The van der Waals surface area contributed by atoms with E-state index in [0.717, 1.165) is 27.6 Å². The minimum absolute atomic E-state index is 0.0136. The first-order valence-electron chi connectivity index (χ1n) is 8.08. The normalized spacial score (nSPS) is 10.6. The van der Waals surface area contributed by atoms with Crippen molar-refractivity contribution in [3.05, 3.63) is 77.9 Å². The molecular weight excluding hydrogens is 298 g/mol. The van der Waals surface area contributed by atoms with Gasteiger partial charge in [-0.25, -0.2) is 0 Å². The van der Waals surface area contributed by atoms with Gasteiger partial charge in [0.15, 0.2) is 0 Å². The third-order valence-electron chi connectivity index (χ3n) is 4.05. The fourth-order valence-corrected chi connectivity index (χ4v) is 2.72. The SMILES string of the molecule is Cc1cccc(OCCN(C)C(=O)c2cccc3ccccc23)c1. The fraction of sp³-hybridized carbons (Fsp3) is 0.190. The zero-order valence-electron chi connectivity index (χ0n) is 14.0. The van der Waals surface area contributed by atoms with Crippen LogP contribution in [0.4, 0.5) is 0 Å². The number of likely N-dealkylation sites (N-methyl/N-ethyl adjacent to an activating group) is 1. The van der Waals surface area contributed by atoms with E-state index < -0.39 is 0 Å². The number of hydrogen-bond donors (Lipinski definition) is 0. The van der Waals surface area contributed by atoms with E-state index in [9.17, 15) is 4.79 Å². The van der Waals surface area contributed by atoms with E-state index in [1.54, 1.807) is 4.90 Å². The number of hydrogen-bond acceptors (Lipinski definition) is 2. The molecular formula is C21H21NO2. The van der Waals surface area contributed by atoms with Crippen molar-refractivity contribution in [2.45, 2.75) is 6.92 Å². The van der Waals surface area contributed by atoms with E-state index in [4.69, 9.17) is 4.74 Å². The van der Waals surface area contributed by atoms with Crippen molar-refractivity contribution < 1.29 is 9.53 Å². The Balaban J connectivity index is 1.66. The van der Waals surface area contributed by atoms with Crippen molar-refractivity contribution in [3.63, 3.8) is 0 Å². The van der Waals surface area contributed by atoms with Gasteiger partial charge in [-0.05, 0) is 41.5 Å². The lowest BCUT2D eigenvalue weighted by atomic mass is 10.0. The van der Waals surface area contributed by atoms with Gasteiger partial charge in [-0.1, -0.05) is 48.5 Å². The first-order chi connectivity index (χ1) is 11.6. The Morgan fingerprint density at radius 1 is 1.00 bits per heavy atom. The smallest absolute Gasteiger partial charge is 0.254 e. The topological polar surface area (TPSA) is 29.5 Å². The van der Waals surface area contributed by atoms with Gasteiger partial charge in [0, 0.05) is 12.6 Å². The average Bonchev–Trinajstić information content (AvgIpc) is 2.60. The Kier molecular flexibility index (Phi) is 4.80. The van der Waals surface area contributed by atoms with Crippen LogP contribution in [-0.2, 0) is 0 Å². The molecule has 0 aliphatic heterocycles. The van der Waals surface area contributed by atoms with Crippen LogP contribution in [0.2, 0.25) is 0 Å². The van der Waals surface area contributed by atoms with Gasteiger partial charge in [-0.2, -0.15) is 0 Å². The molecule has 0 unspecified atom stereocenters. The fourth-order valence-electron chi connectivity index (χ4n) is 2.72. The molecule has 3 heteroatoms. The molecule has 0 atom stereocenters. The number of benzene rings is 3. The number of carbonyl (C=O) groups excluding carboxylic acids is 1. The number of rotatable bonds is 5. The molecule has 0 fully saturated rings. The summed E-state index contributed by atoms with van der Waals surface area (Å²) in [6, 6.07) is 21.7. The molecule has 3 rings (SSSR count). The second-order valence-corrected chi connectivity index (χ2v) is 5.92. The van der Waals surface area contributed by atoms with Crippen molar-refractivity contribution >= 4 is 16.7 Å². The lowest BCUT2D eigenvalue weighted by Gasteiger charge is -2.18. The summed E-state index contributed by atoms with van der Waals surface area (Å²) in [4.78, 5) is 14.4. The summed E-state index contributed by atoms with van der Waals surface area (Å²) in [7, 11) is 1.81. The molecule has 3 aromatic carbocycles. The summed E-state index contributed by atoms with van der Waals surface area (Å²) in [5.41, 5.74) is 1.89. The summed E-state index contributed by atoms with van der Waals surface area (Å²) >= 11 is 0. The summed E-state index contributed by atoms with van der Waals surface area (Å²) in [6.07, 6.45) is 0. The van der Waals surface area contributed by atoms with Gasteiger partial charge in [-0.15, -0.1) is 0 Å². The second-order valence-electron chi connectivity index (χ2n) is 5.92. The summed E-state index contributed by atoms with van der Waals surface area (Å²) in [5.74, 6) is 0.848. The molecule has 3 nitrogen and oxygen atoms in total. The van der Waals surface area contributed by atoms with Gasteiger partial charge in [0.2, 0.25) is 0 Å². The highest BCUT2D eigenvalue weighted by Crippen LogP contribution is 2.19. The predicted octanol–water partition coefficient (Wildman–Crippen LogP) is 4.30. The highest BCUT2D eigenvalue weighted by molar-refractivity contribution is 6.06. The number of ether oxygens (including phenoxy) is 1. The maximum Gasteiger partial charge on any atom is 0.254 e. The lowest BCUT2D eigenvalue weighted by Crippen LogP contribution is -2.31. The molecule has 0 aliphatic carbocycles. The second kappa shape index (κ2) is 7.18. The Morgan fingerprint density at radius 2 is 1.75 bits per heavy atom. The average molecular weight is 319 g/mol. The van der Waals surface area contributed by atoms with Crippen LogP contribution in [0.25, 0.3) is 10.8 Å². The Hall–Kier alpha value is -2.81. The summed E-state index contributed by atoms with van der Waals surface area (Å²) in [5, 5.41) is 2.06. The van der Waals surface area contributed by atoms with E-state index in [1.807, 2.05) is 80.7 Å². The Bertz CT molecular complexity index is 852. The first kappa shape index (κ1) is 16.1. The molecule has 0 spiro atoms. The van der Waals surface area contributed by atoms with Crippen LogP contribution < -0.4 is 4.74 Å². The van der Waals surface area contributed by atoms with Gasteiger partial charge < -0.3 is 9.64 Å². The maximum atomic E-state index is 12.7. The first-order valence-corrected chi connectivity index (χ1v) is 8.08. The van der Waals surface area contributed by atoms with E-state index in [2.05, 4.69) is 0 Å². The van der Waals surface area contributed by atoms with Crippen molar-refractivity contribution in [3.8, 4) is 5.75 Å². The third kappa shape index (κ3) is 3.57. The van der Waals surface area contributed by atoms with Gasteiger partial charge >= 0.3 is 0 Å². The van der Waals surface area contributed by atoms with Crippen LogP contribution in [0.3, 0.4) is 0 Å². The van der Waals surface area contributed by atoms with Crippen molar-refractivity contribution in [1.82, 2.24) is 4.90 Å². The molecule has 0 N–H and O–H groups in total. The molecule has 0 bridgehead atoms. The highest BCUT2D eigenvalue weighted by Gasteiger charge is 2.14. The van der Waals surface area contributed by atoms with Gasteiger partial charge in [0.1, 0.15) is 12.4 Å². The molecule has 0 saturated heterocycles. The molecule has 0 saturated carbocycles. The zero-order valence-corrected chi connectivity index (χ0v) is 14.0. The molecule has 0 aromatic heterocycles. The quantitative estimate of drug-likeness (QED) is 0.702. The number of nitrogens with zero attached hydrogens (tertiary/aromatic N) is 1. The molecule has 0 aliphatic rings. The molecule has 3 aromatic rings. The van der Waals surface area contributed by atoms with E-state index in [0.29, 0.717) is 13.2 Å². The Morgan fingerprint density at radius 3 is 2.58 bits per heavy atom. The molecule has 1 amide bonds. The largest absolute Gasteiger partial charge is 0.492 e. The zero-order chi connectivity index (χ0) is 16.9. The van der Waals surface area contributed by atoms with E-state index >= 15 is 0 Å². The summed E-state index contributed by atoms with van der Waals surface area (Å²) < 4.78 is 5.74. The maximum absolute atomic E-state index is 12.7. The van der Waals surface area contributed by atoms with Crippen LogP contribution in [0.1, 0.15) is 15.9 Å². The van der Waals surface area contributed by atoms with Gasteiger partial charge in [-0.3, -0.25) is 4.79 Å². The number of fused-ring (bicyclic) bond motifs is 1. The van der Waals surface area contributed by atoms with Gasteiger partial charge in [0.25, 0.3) is 5.91 Å². The number of aryl methyl sites for hydroxylation is 1. The van der Waals surface area contributed by atoms with Crippen molar-refractivity contribution in [1.29, 1.82) is 0 Å². The van der Waals surface area contributed by atoms with Crippen molar-refractivity contribution in [2.75, 3.05) is 20.2 Å². The summed E-state index contributed by atoms with van der Waals surface area (Å²) in [6.45, 7) is 3.04. The molecule has 122 valence electrons. The van der Waals surface area contributed by atoms with Crippen LogP contribution in [0.15, 0.2) is 66.7 Å². The lowest BCUT2D eigenvalue weighted by molar-refractivity contribution is 0.0775. The molecule has 0 heterocycles. The minimum atomic E-state index is 0.0136. The highest BCUT2D eigenvalue weighted by atomic mass is 16.5. The monoisotopic (exact) mass is 319 g/mol. The van der Waals surface area contributed by atoms with E-state index in [-0.39, 0.29) is 5.91 Å². The predicted molar refractivity (Wildman–Crippen MR) is 97.6 cm³/mol. The minimum Gasteiger partial charge on any atom is -0.492 e. The van der Waals surface area contributed by atoms with E-state index in [1.165, 1.54) is 0 Å². The third-order valence-corrected chi connectivity index (χ3v) is 4.05. The molecule has 0 radical (unpaired) electrons.